The lowest BCUT2D eigenvalue weighted by atomic mass is 9.75. The zero-order chi connectivity index (χ0) is 13.2. The summed E-state index contributed by atoms with van der Waals surface area (Å²) in [6.07, 6.45) is 8.45. The molecule has 0 radical (unpaired) electrons. The third-order valence-electron chi connectivity index (χ3n) is 4.83. The van der Waals surface area contributed by atoms with Gasteiger partial charge in [-0.25, -0.2) is 0 Å². The minimum atomic E-state index is 0.790. The molecule has 1 aromatic carbocycles. The van der Waals surface area contributed by atoms with Crippen molar-refractivity contribution in [2.45, 2.75) is 64.3 Å². The second-order valence-electron chi connectivity index (χ2n) is 6.75. The third kappa shape index (κ3) is 3.39. The van der Waals surface area contributed by atoms with Crippen molar-refractivity contribution in [1.29, 1.82) is 0 Å². The minimum absolute atomic E-state index is 0.790. The minimum Gasteiger partial charge on any atom is -0.314 e. The van der Waals surface area contributed by atoms with E-state index in [1.165, 1.54) is 56.2 Å². The summed E-state index contributed by atoms with van der Waals surface area (Å²) in [5, 5.41) is 3.76. The van der Waals surface area contributed by atoms with Crippen LogP contribution < -0.4 is 5.32 Å². The van der Waals surface area contributed by atoms with Crippen molar-refractivity contribution in [2.24, 2.45) is 5.92 Å². The fraction of sp³-hybridized carbons (Fsp3) is 0.667. The molecule has 1 heteroatoms. The van der Waals surface area contributed by atoms with E-state index in [4.69, 9.17) is 0 Å². The van der Waals surface area contributed by atoms with Crippen molar-refractivity contribution < 1.29 is 0 Å². The van der Waals surface area contributed by atoms with Gasteiger partial charge in [0.15, 0.2) is 0 Å². The molecule has 0 amide bonds. The Morgan fingerprint density at radius 3 is 2.32 bits per heavy atom. The zero-order valence-electron chi connectivity index (χ0n) is 12.4. The van der Waals surface area contributed by atoms with Gasteiger partial charge in [-0.15, -0.1) is 0 Å². The normalized spacial score (nSPS) is 27.5. The number of hydrogen-bond donors (Lipinski definition) is 1. The molecule has 1 nitrogen and oxygen atoms in total. The molecule has 0 aromatic heterocycles. The summed E-state index contributed by atoms with van der Waals surface area (Å²) in [6, 6.07) is 7.99. The number of nitrogens with one attached hydrogen (secondary N) is 1. The van der Waals surface area contributed by atoms with Gasteiger partial charge in [-0.1, -0.05) is 42.2 Å². The first-order chi connectivity index (χ1) is 9.22. The van der Waals surface area contributed by atoms with E-state index >= 15 is 0 Å². The van der Waals surface area contributed by atoms with E-state index in [0.29, 0.717) is 0 Å². The van der Waals surface area contributed by atoms with Crippen molar-refractivity contribution in [2.75, 3.05) is 6.54 Å². The van der Waals surface area contributed by atoms with Crippen LogP contribution >= 0.6 is 0 Å². The van der Waals surface area contributed by atoms with Gasteiger partial charge in [0.2, 0.25) is 0 Å². The Kier molecular flexibility index (Phi) is 3.93. The maximum Gasteiger partial charge on any atom is 0.00683 e. The van der Waals surface area contributed by atoms with Crippen molar-refractivity contribution in [3.63, 3.8) is 0 Å². The highest BCUT2D eigenvalue weighted by atomic mass is 14.9. The fourth-order valence-electron chi connectivity index (χ4n) is 3.72. The van der Waals surface area contributed by atoms with Gasteiger partial charge in [0.05, 0.1) is 0 Å². The highest BCUT2D eigenvalue weighted by Crippen LogP contribution is 2.38. The number of aryl methyl sites for hydroxylation is 2. The molecule has 2 atom stereocenters. The molecule has 2 aliphatic rings. The summed E-state index contributed by atoms with van der Waals surface area (Å²) in [5.74, 6) is 1.65. The van der Waals surface area contributed by atoms with Crippen LogP contribution in [0, 0.1) is 19.8 Å². The maximum absolute atomic E-state index is 3.76. The SMILES string of the molecule is Cc1cc(C)cc(C2CCCCC2CNC2CC2)c1. The van der Waals surface area contributed by atoms with Gasteiger partial charge in [-0.2, -0.15) is 0 Å². The highest BCUT2D eigenvalue weighted by molar-refractivity contribution is 5.31. The summed E-state index contributed by atoms with van der Waals surface area (Å²) >= 11 is 0. The van der Waals surface area contributed by atoms with Crippen molar-refractivity contribution in [1.82, 2.24) is 5.32 Å². The van der Waals surface area contributed by atoms with Crippen LogP contribution in [-0.4, -0.2) is 12.6 Å². The molecule has 0 saturated heterocycles. The molecular weight excluding hydrogens is 230 g/mol. The fourth-order valence-corrected chi connectivity index (χ4v) is 3.72. The molecule has 104 valence electrons. The lowest BCUT2D eigenvalue weighted by Crippen LogP contribution is -2.30. The van der Waals surface area contributed by atoms with Crippen LogP contribution in [0.3, 0.4) is 0 Å². The van der Waals surface area contributed by atoms with Gasteiger partial charge in [0.1, 0.15) is 0 Å². The molecule has 2 saturated carbocycles. The molecular formula is C18H27N. The second kappa shape index (κ2) is 5.66. The molecule has 1 N–H and O–H groups in total. The highest BCUT2D eigenvalue weighted by Gasteiger charge is 2.29. The van der Waals surface area contributed by atoms with E-state index in [2.05, 4.69) is 37.4 Å². The van der Waals surface area contributed by atoms with Crippen LogP contribution in [0.15, 0.2) is 18.2 Å². The predicted molar refractivity (Wildman–Crippen MR) is 81.6 cm³/mol. The molecule has 2 fully saturated rings. The van der Waals surface area contributed by atoms with Crippen LogP contribution in [0.25, 0.3) is 0 Å². The summed E-state index contributed by atoms with van der Waals surface area (Å²) in [6.45, 7) is 5.70. The Labute approximate surface area is 117 Å². The smallest absolute Gasteiger partial charge is 0.00683 e. The van der Waals surface area contributed by atoms with Crippen molar-refractivity contribution in [3.8, 4) is 0 Å². The van der Waals surface area contributed by atoms with Gasteiger partial charge in [0.25, 0.3) is 0 Å². The molecule has 0 spiro atoms. The van der Waals surface area contributed by atoms with E-state index in [-0.39, 0.29) is 0 Å². The number of benzene rings is 1. The van der Waals surface area contributed by atoms with Crippen molar-refractivity contribution >= 4 is 0 Å². The molecule has 0 heterocycles. The quantitative estimate of drug-likeness (QED) is 0.846. The lowest BCUT2D eigenvalue weighted by Gasteiger charge is -2.32. The Bertz CT molecular complexity index is 413. The standard InChI is InChI=1S/C18H27N/c1-13-9-14(2)11-16(10-13)18-6-4-3-5-15(18)12-19-17-7-8-17/h9-11,15,17-19H,3-8,12H2,1-2H3. The van der Waals surface area contributed by atoms with Crippen LogP contribution in [0.2, 0.25) is 0 Å². The van der Waals surface area contributed by atoms with Crippen LogP contribution in [0.1, 0.15) is 61.1 Å². The van der Waals surface area contributed by atoms with E-state index in [1.54, 1.807) is 5.56 Å². The monoisotopic (exact) mass is 257 g/mol. The van der Waals surface area contributed by atoms with Gasteiger partial charge >= 0.3 is 0 Å². The maximum atomic E-state index is 3.76. The average Bonchev–Trinajstić information content (AvgIpc) is 3.19. The Hall–Kier alpha value is -0.820. The third-order valence-corrected chi connectivity index (χ3v) is 4.83. The van der Waals surface area contributed by atoms with E-state index < -0.39 is 0 Å². The second-order valence-corrected chi connectivity index (χ2v) is 6.75. The molecule has 1 aromatic rings. The summed E-state index contributed by atoms with van der Waals surface area (Å²) in [4.78, 5) is 0. The molecule has 19 heavy (non-hydrogen) atoms. The Balaban J connectivity index is 1.73. The Morgan fingerprint density at radius 2 is 1.63 bits per heavy atom. The Morgan fingerprint density at radius 1 is 0.947 bits per heavy atom. The number of hydrogen-bond acceptors (Lipinski definition) is 1. The first-order valence-electron chi connectivity index (χ1n) is 8.04. The topological polar surface area (TPSA) is 12.0 Å². The van der Waals surface area contributed by atoms with Gasteiger partial charge in [-0.3, -0.25) is 0 Å². The first kappa shape index (κ1) is 13.2. The number of rotatable bonds is 4. The summed E-state index contributed by atoms with van der Waals surface area (Å²) in [7, 11) is 0. The van der Waals surface area contributed by atoms with Gasteiger partial charge in [-0.05, 0) is 63.5 Å². The van der Waals surface area contributed by atoms with Crippen LogP contribution in [0.5, 0.6) is 0 Å². The molecule has 3 rings (SSSR count). The van der Waals surface area contributed by atoms with Crippen LogP contribution in [-0.2, 0) is 0 Å². The van der Waals surface area contributed by atoms with Crippen molar-refractivity contribution in [3.05, 3.63) is 34.9 Å². The van der Waals surface area contributed by atoms with E-state index in [1.807, 2.05) is 0 Å². The lowest BCUT2D eigenvalue weighted by molar-refractivity contribution is 0.295. The predicted octanol–water partition coefficient (Wildman–Crippen LogP) is 4.33. The summed E-state index contributed by atoms with van der Waals surface area (Å²) < 4.78 is 0. The molecule has 2 unspecified atom stereocenters. The van der Waals surface area contributed by atoms with E-state index in [9.17, 15) is 0 Å². The first-order valence-corrected chi connectivity index (χ1v) is 8.04. The van der Waals surface area contributed by atoms with E-state index in [0.717, 1.165) is 17.9 Å². The van der Waals surface area contributed by atoms with Crippen LogP contribution in [0.4, 0.5) is 0 Å². The average molecular weight is 257 g/mol. The molecule has 2 aliphatic carbocycles. The van der Waals surface area contributed by atoms with Gasteiger partial charge in [0, 0.05) is 6.04 Å². The van der Waals surface area contributed by atoms with Gasteiger partial charge < -0.3 is 5.32 Å². The zero-order valence-corrected chi connectivity index (χ0v) is 12.4. The molecule has 0 bridgehead atoms. The largest absolute Gasteiger partial charge is 0.314 e. The molecule has 0 aliphatic heterocycles. The summed E-state index contributed by atoms with van der Waals surface area (Å²) in [5.41, 5.74) is 4.45.